The van der Waals surface area contributed by atoms with Crippen LogP contribution in [0.1, 0.15) is 17.3 Å². The van der Waals surface area contributed by atoms with Crippen molar-refractivity contribution in [1.82, 2.24) is 15.2 Å². The van der Waals surface area contributed by atoms with Gasteiger partial charge in [-0.3, -0.25) is 10.1 Å². The van der Waals surface area contributed by atoms with Gasteiger partial charge in [-0.2, -0.15) is 4.98 Å². The second kappa shape index (κ2) is 10.7. The van der Waals surface area contributed by atoms with E-state index in [9.17, 15) is 21.6 Å². The second-order valence-corrected chi connectivity index (χ2v) is 11.5. The van der Waals surface area contributed by atoms with Gasteiger partial charge in [-0.15, -0.1) is 10.2 Å². The van der Waals surface area contributed by atoms with Gasteiger partial charge >= 0.3 is 6.01 Å². The molecule has 0 saturated carbocycles. The van der Waals surface area contributed by atoms with Gasteiger partial charge in [0.15, 0.2) is 19.7 Å². The lowest BCUT2D eigenvalue weighted by Crippen LogP contribution is -2.24. The van der Waals surface area contributed by atoms with Crippen molar-refractivity contribution in [3.05, 3.63) is 89.7 Å². The van der Waals surface area contributed by atoms with Gasteiger partial charge in [-0.05, 0) is 11.6 Å². The van der Waals surface area contributed by atoms with Gasteiger partial charge in [0.2, 0.25) is 17.7 Å². The van der Waals surface area contributed by atoms with Gasteiger partial charge in [0.25, 0.3) is 0 Å². The van der Waals surface area contributed by atoms with Crippen LogP contribution < -0.4 is 5.32 Å². The molecule has 4 rings (SSSR count). The van der Waals surface area contributed by atoms with Crippen molar-refractivity contribution in [3.8, 4) is 11.3 Å². The first-order valence-electron chi connectivity index (χ1n) is 10.5. The van der Waals surface area contributed by atoms with Crippen LogP contribution >= 0.6 is 0 Å². The van der Waals surface area contributed by atoms with Crippen LogP contribution in [0, 0.1) is 0 Å². The molecule has 186 valence electrons. The Kier molecular flexibility index (Phi) is 7.41. The summed E-state index contributed by atoms with van der Waals surface area (Å²) >= 11 is 0. The number of carbonyl (C=O) groups is 1. The Morgan fingerprint density at radius 1 is 0.889 bits per heavy atom. The minimum atomic E-state index is -4.02. The Morgan fingerprint density at radius 3 is 2.22 bits per heavy atom. The maximum atomic E-state index is 12.4. The monoisotopic (exact) mass is 528 g/mol. The Hall–Kier alpha value is -4.10. The average Bonchev–Trinajstić information content (AvgIpc) is 3.47. The Morgan fingerprint density at radius 2 is 1.53 bits per heavy atom. The predicted molar refractivity (Wildman–Crippen MR) is 130 cm³/mol. The van der Waals surface area contributed by atoms with Crippen LogP contribution in [0.3, 0.4) is 0 Å². The zero-order chi connectivity index (χ0) is 25.6. The first-order chi connectivity index (χ1) is 17.2. The molecule has 0 bridgehead atoms. The lowest BCUT2D eigenvalue weighted by atomic mass is 10.2. The van der Waals surface area contributed by atoms with E-state index in [1.54, 1.807) is 42.5 Å². The van der Waals surface area contributed by atoms with E-state index in [1.807, 2.05) is 18.2 Å². The molecule has 0 saturated heterocycles. The van der Waals surface area contributed by atoms with E-state index in [0.717, 1.165) is 11.0 Å². The molecule has 0 radical (unpaired) electrons. The van der Waals surface area contributed by atoms with E-state index in [1.165, 1.54) is 12.3 Å². The summed E-state index contributed by atoms with van der Waals surface area (Å²) in [5, 5.41) is 10.5. The van der Waals surface area contributed by atoms with E-state index in [-0.39, 0.29) is 17.8 Å². The van der Waals surface area contributed by atoms with Gasteiger partial charge in [-0.25, -0.2) is 16.8 Å². The van der Waals surface area contributed by atoms with Gasteiger partial charge in [-0.1, -0.05) is 60.7 Å². The highest BCUT2D eigenvalue weighted by atomic mass is 32.2. The van der Waals surface area contributed by atoms with Crippen LogP contribution in [-0.2, 0) is 36.0 Å². The zero-order valence-corrected chi connectivity index (χ0v) is 20.3. The summed E-state index contributed by atoms with van der Waals surface area (Å²) in [6.45, 7) is 0. The molecular formula is C23H20N4O7S2. The van der Waals surface area contributed by atoms with Crippen molar-refractivity contribution < 1.29 is 30.5 Å². The highest BCUT2D eigenvalue weighted by molar-refractivity contribution is 7.93. The average molecular weight is 529 g/mol. The summed E-state index contributed by atoms with van der Waals surface area (Å²) in [6, 6.07) is 17.7. The predicted octanol–water partition coefficient (Wildman–Crippen LogP) is 2.86. The molecule has 2 aromatic heterocycles. The molecule has 0 aliphatic rings. The molecule has 0 atom stereocenters. The lowest BCUT2D eigenvalue weighted by molar-refractivity contribution is -0.114. The standard InChI is InChI=1S/C23H20N4O7S2/c28-20(25-23-24-19(13-33-23)18-9-5-2-6-10-18)14-36(31,32)16-22-27-26-21(34-22)15-35(29,30)12-11-17-7-3-1-4-8-17/h1-13H,14-16H2,(H,24,25,28)/b12-11-. The summed E-state index contributed by atoms with van der Waals surface area (Å²) < 4.78 is 59.7. The molecule has 1 amide bonds. The fraction of sp³-hybridized carbons (Fsp3) is 0.130. The Balaban J connectivity index is 1.32. The quantitative estimate of drug-likeness (QED) is 0.324. The molecule has 0 unspecified atom stereocenters. The maximum Gasteiger partial charge on any atom is 0.301 e. The van der Waals surface area contributed by atoms with E-state index in [0.29, 0.717) is 11.3 Å². The SMILES string of the molecule is O=C(CS(=O)(=O)Cc1nnc(CS(=O)(=O)/C=C\c2ccccc2)o1)Nc1nc(-c2ccccc2)co1. The van der Waals surface area contributed by atoms with Crippen LogP contribution in [0.4, 0.5) is 6.01 Å². The molecule has 0 aliphatic heterocycles. The number of sulfone groups is 2. The Labute approximate surface area is 206 Å². The number of hydrogen-bond acceptors (Lipinski definition) is 10. The number of nitrogens with one attached hydrogen (secondary N) is 1. The number of rotatable bonds is 10. The van der Waals surface area contributed by atoms with Crippen LogP contribution in [0.5, 0.6) is 0 Å². The summed E-state index contributed by atoms with van der Waals surface area (Å²) in [7, 11) is -7.76. The van der Waals surface area contributed by atoms with Crippen LogP contribution in [0.2, 0.25) is 0 Å². The summed E-state index contributed by atoms with van der Waals surface area (Å²) in [6.07, 6.45) is 2.76. The van der Waals surface area contributed by atoms with Gasteiger partial charge in [0.1, 0.15) is 29.2 Å². The highest BCUT2D eigenvalue weighted by Gasteiger charge is 2.23. The first kappa shape index (κ1) is 25.0. The van der Waals surface area contributed by atoms with Crippen LogP contribution in [0.15, 0.2) is 81.2 Å². The third-order valence-electron chi connectivity index (χ3n) is 4.62. The third-order valence-corrected chi connectivity index (χ3v) is 7.20. The zero-order valence-electron chi connectivity index (χ0n) is 18.6. The molecule has 4 aromatic rings. The number of hydrogen-bond donors (Lipinski definition) is 1. The molecule has 2 heterocycles. The number of nitrogens with zero attached hydrogens (tertiary/aromatic N) is 3. The second-order valence-electron chi connectivity index (χ2n) is 7.59. The molecule has 0 fully saturated rings. The largest absolute Gasteiger partial charge is 0.431 e. The Bertz CT molecular complexity index is 1580. The molecule has 36 heavy (non-hydrogen) atoms. The summed E-state index contributed by atoms with van der Waals surface area (Å²) in [5.41, 5.74) is 1.93. The molecular weight excluding hydrogens is 508 g/mol. The minimum absolute atomic E-state index is 0.150. The number of carbonyl (C=O) groups excluding carboxylic acids is 1. The molecule has 1 N–H and O–H groups in total. The normalized spacial score (nSPS) is 12.1. The van der Waals surface area contributed by atoms with Gasteiger partial charge in [0.05, 0.1) is 0 Å². The van der Waals surface area contributed by atoms with Crippen LogP contribution in [-0.4, -0.2) is 43.7 Å². The fourth-order valence-corrected chi connectivity index (χ4v) is 5.03. The van der Waals surface area contributed by atoms with Crippen molar-refractivity contribution in [2.24, 2.45) is 0 Å². The summed E-state index contributed by atoms with van der Waals surface area (Å²) in [4.78, 5) is 16.3. The minimum Gasteiger partial charge on any atom is -0.431 e. The van der Waals surface area contributed by atoms with E-state index in [4.69, 9.17) is 8.83 Å². The van der Waals surface area contributed by atoms with Crippen molar-refractivity contribution in [3.63, 3.8) is 0 Å². The molecule has 0 spiro atoms. The lowest BCUT2D eigenvalue weighted by Gasteiger charge is -2.01. The fourth-order valence-electron chi connectivity index (χ4n) is 3.04. The number of amides is 1. The number of aromatic nitrogens is 3. The topological polar surface area (TPSA) is 162 Å². The van der Waals surface area contributed by atoms with Crippen LogP contribution in [0.25, 0.3) is 17.3 Å². The van der Waals surface area contributed by atoms with E-state index >= 15 is 0 Å². The van der Waals surface area contributed by atoms with Crippen molar-refractivity contribution in [2.45, 2.75) is 11.5 Å². The molecule has 2 aromatic carbocycles. The number of benzene rings is 2. The molecule has 0 aliphatic carbocycles. The summed E-state index contributed by atoms with van der Waals surface area (Å²) in [5.74, 6) is -3.71. The van der Waals surface area contributed by atoms with E-state index in [2.05, 4.69) is 20.5 Å². The van der Waals surface area contributed by atoms with E-state index < -0.39 is 42.8 Å². The first-order valence-corrected chi connectivity index (χ1v) is 14.0. The number of anilines is 1. The van der Waals surface area contributed by atoms with Crippen molar-refractivity contribution in [1.29, 1.82) is 0 Å². The smallest absolute Gasteiger partial charge is 0.301 e. The van der Waals surface area contributed by atoms with Gasteiger partial charge in [0, 0.05) is 11.0 Å². The molecule has 13 heteroatoms. The molecule has 11 nitrogen and oxygen atoms in total. The van der Waals surface area contributed by atoms with Crippen molar-refractivity contribution in [2.75, 3.05) is 11.1 Å². The number of oxazole rings is 1. The van der Waals surface area contributed by atoms with Gasteiger partial charge < -0.3 is 8.83 Å². The third kappa shape index (κ3) is 7.20. The highest BCUT2D eigenvalue weighted by Crippen LogP contribution is 2.20. The maximum absolute atomic E-state index is 12.4. The van der Waals surface area contributed by atoms with Crippen molar-refractivity contribution >= 4 is 37.7 Å².